The monoisotopic (exact) mass is 139 g/mol. The Hall–Kier alpha value is -0.830. The lowest BCUT2D eigenvalue weighted by Crippen LogP contribution is -2.09. The summed E-state index contributed by atoms with van der Waals surface area (Å²) in [4.78, 5) is 0. The molecule has 0 spiro atoms. The van der Waals surface area contributed by atoms with Crippen molar-refractivity contribution in [1.82, 2.24) is 9.78 Å². The molecule has 2 N–H and O–H groups in total. The van der Waals surface area contributed by atoms with Gasteiger partial charge in [0, 0.05) is 19.3 Å². The molecule has 0 aliphatic heterocycles. The lowest BCUT2D eigenvalue weighted by molar-refractivity contribution is 0.643. The van der Waals surface area contributed by atoms with Crippen LogP contribution >= 0.6 is 0 Å². The zero-order chi connectivity index (χ0) is 7.56. The molecule has 0 saturated carbocycles. The van der Waals surface area contributed by atoms with Gasteiger partial charge in [0.25, 0.3) is 0 Å². The molecule has 3 nitrogen and oxygen atoms in total. The van der Waals surface area contributed by atoms with Crippen LogP contribution in [-0.4, -0.2) is 9.78 Å². The Labute approximate surface area is 60.8 Å². The predicted molar refractivity (Wildman–Crippen MR) is 40.4 cm³/mol. The minimum absolute atomic E-state index is 0.0983. The van der Waals surface area contributed by atoms with E-state index in [1.54, 1.807) is 4.68 Å². The van der Waals surface area contributed by atoms with Gasteiger partial charge in [-0.15, -0.1) is 0 Å². The number of aromatic nitrogens is 2. The Morgan fingerprint density at radius 1 is 1.80 bits per heavy atom. The Balaban J connectivity index is 2.74. The molecular formula is C7H13N3. The fourth-order valence-corrected chi connectivity index (χ4v) is 0.840. The van der Waals surface area contributed by atoms with Crippen LogP contribution in [0.2, 0.25) is 0 Å². The lowest BCUT2D eigenvalue weighted by Gasteiger charge is -2.02. The first-order chi connectivity index (χ1) is 4.74. The third-order valence-electron chi connectivity index (χ3n) is 1.55. The van der Waals surface area contributed by atoms with Gasteiger partial charge < -0.3 is 5.73 Å². The second-order valence-corrected chi connectivity index (χ2v) is 2.43. The predicted octanol–water partition coefficient (Wildman–Crippen LogP) is 0.830. The van der Waals surface area contributed by atoms with Crippen LogP contribution < -0.4 is 5.73 Å². The van der Waals surface area contributed by atoms with Crippen molar-refractivity contribution in [1.29, 1.82) is 0 Å². The fourth-order valence-electron chi connectivity index (χ4n) is 0.840. The Morgan fingerprint density at radius 2 is 2.50 bits per heavy atom. The van der Waals surface area contributed by atoms with Crippen LogP contribution in [0.25, 0.3) is 0 Å². The van der Waals surface area contributed by atoms with Crippen molar-refractivity contribution in [3.8, 4) is 0 Å². The molecule has 1 atom stereocenters. The van der Waals surface area contributed by atoms with Crippen LogP contribution in [0.1, 0.15) is 25.1 Å². The van der Waals surface area contributed by atoms with Gasteiger partial charge in [-0.3, -0.25) is 4.68 Å². The van der Waals surface area contributed by atoms with E-state index in [0.717, 1.165) is 12.1 Å². The molecule has 0 fully saturated rings. The molecule has 1 rings (SSSR count). The molecule has 1 aromatic rings. The molecule has 3 heteroatoms. The lowest BCUT2D eigenvalue weighted by atomic mass is 10.2. The number of aryl methyl sites for hydroxylation is 1. The van der Waals surface area contributed by atoms with Gasteiger partial charge >= 0.3 is 0 Å². The SMILES string of the molecule is CCC(N)c1ccn(C)n1. The van der Waals surface area contributed by atoms with E-state index in [0.29, 0.717) is 0 Å². The molecule has 0 saturated heterocycles. The van der Waals surface area contributed by atoms with Crippen molar-refractivity contribution in [2.45, 2.75) is 19.4 Å². The molecule has 0 bridgehead atoms. The largest absolute Gasteiger partial charge is 0.323 e. The Kier molecular flexibility index (Phi) is 2.06. The summed E-state index contributed by atoms with van der Waals surface area (Å²) < 4.78 is 1.77. The maximum atomic E-state index is 5.73. The second-order valence-electron chi connectivity index (χ2n) is 2.43. The van der Waals surface area contributed by atoms with Gasteiger partial charge in [0.2, 0.25) is 0 Å². The summed E-state index contributed by atoms with van der Waals surface area (Å²) in [5, 5.41) is 4.17. The third kappa shape index (κ3) is 1.36. The quantitative estimate of drug-likeness (QED) is 0.659. The summed E-state index contributed by atoms with van der Waals surface area (Å²) in [5.41, 5.74) is 6.71. The van der Waals surface area contributed by atoms with Gasteiger partial charge in [-0.05, 0) is 12.5 Å². The summed E-state index contributed by atoms with van der Waals surface area (Å²) in [6.45, 7) is 2.05. The number of nitrogens with two attached hydrogens (primary N) is 1. The van der Waals surface area contributed by atoms with E-state index in [-0.39, 0.29) is 6.04 Å². The highest BCUT2D eigenvalue weighted by Gasteiger charge is 2.04. The van der Waals surface area contributed by atoms with Crippen molar-refractivity contribution in [3.05, 3.63) is 18.0 Å². The maximum Gasteiger partial charge on any atom is 0.0791 e. The van der Waals surface area contributed by atoms with Crippen LogP contribution in [0.3, 0.4) is 0 Å². The van der Waals surface area contributed by atoms with Crippen molar-refractivity contribution < 1.29 is 0 Å². The van der Waals surface area contributed by atoms with Crippen LogP contribution in [0, 0.1) is 0 Å². The first-order valence-corrected chi connectivity index (χ1v) is 3.49. The van der Waals surface area contributed by atoms with Gasteiger partial charge in [0.15, 0.2) is 0 Å². The van der Waals surface area contributed by atoms with Crippen molar-refractivity contribution in [3.63, 3.8) is 0 Å². The number of rotatable bonds is 2. The molecular weight excluding hydrogens is 126 g/mol. The fraction of sp³-hybridized carbons (Fsp3) is 0.571. The minimum atomic E-state index is 0.0983. The van der Waals surface area contributed by atoms with Gasteiger partial charge in [0.1, 0.15) is 0 Å². The zero-order valence-electron chi connectivity index (χ0n) is 6.41. The molecule has 0 aromatic carbocycles. The summed E-state index contributed by atoms with van der Waals surface area (Å²) in [6, 6.07) is 2.05. The van der Waals surface area contributed by atoms with E-state index in [2.05, 4.69) is 12.0 Å². The minimum Gasteiger partial charge on any atom is -0.323 e. The molecule has 0 radical (unpaired) electrons. The van der Waals surface area contributed by atoms with E-state index in [1.807, 2.05) is 19.3 Å². The topological polar surface area (TPSA) is 43.8 Å². The third-order valence-corrected chi connectivity index (χ3v) is 1.55. The van der Waals surface area contributed by atoms with Crippen LogP contribution in [0.15, 0.2) is 12.3 Å². The Bertz CT molecular complexity index is 204. The summed E-state index contributed by atoms with van der Waals surface area (Å²) >= 11 is 0. The van der Waals surface area contributed by atoms with Crippen molar-refractivity contribution in [2.75, 3.05) is 0 Å². The average molecular weight is 139 g/mol. The number of hydrogen-bond acceptors (Lipinski definition) is 2. The van der Waals surface area contributed by atoms with E-state index in [9.17, 15) is 0 Å². The van der Waals surface area contributed by atoms with E-state index >= 15 is 0 Å². The molecule has 10 heavy (non-hydrogen) atoms. The highest BCUT2D eigenvalue weighted by Crippen LogP contribution is 2.08. The first kappa shape index (κ1) is 7.28. The maximum absolute atomic E-state index is 5.73. The molecule has 0 aliphatic carbocycles. The second kappa shape index (κ2) is 2.84. The molecule has 1 aromatic heterocycles. The van der Waals surface area contributed by atoms with Crippen molar-refractivity contribution >= 4 is 0 Å². The summed E-state index contributed by atoms with van der Waals surface area (Å²) in [6.07, 6.45) is 2.85. The van der Waals surface area contributed by atoms with Crippen LogP contribution in [-0.2, 0) is 7.05 Å². The standard InChI is InChI=1S/C7H13N3/c1-3-6(8)7-4-5-10(2)9-7/h4-6H,3,8H2,1-2H3. The van der Waals surface area contributed by atoms with Crippen molar-refractivity contribution in [2.24, 2.45) is 12.8 Å². The van der Waals surface area contributed by atoms with E-state index in [4.69, 9.17) is 5.73 Å². The highest BCUT2D eigenvalue weighted by molar-refractivity contribution is 5.03. The zero-order valence-corrected chi connectivity index (χ0v) is 6.41. The van der Waals surface area contributed by atoms with Gasteiger partial charge in [-0.2, -0.15) is 5.10 Å². The highest BCUT2D eigenvalue weighted by atomic mass is 15.3. The molecule has 1 heterocycles. The van der Waals surface area contributed by atoms with Gasteiger partial charge in [-0.25, -0.2) is 0 Å². The average Bonchev–Trinajstić information content (AvgIpc) is 2.34. The number of nitrogens with zero attached hydrogens (tertiary/aromatic N) is 2. The normalized spacial score (nSPS) is 13.5. The van der Waals surface area contributed by atoms with Crippen LogP contribution in [0.4, 0.5) is 0 Å². The molecule has 0 aliphatic rings. The Morgan fingerprint density at radius 3 is 2.90 bits per heavy atom. The van der Waals surface area contributed by atoms with Crippen LogP contribution in [0.5, 0.6) is 0 Å². The number of hydrogen-bond donors (Lipinski definition) is 1. The smallest absolute Gasteiger partial charge is 0.0791 e. The molecule has 0 amide bonds. The van der Waals surface area contributed by atoms with E-state index < -0.39 is 0 Å². The summed E-state index contributed by atoms with van der Waals surface area (Å²) in [5.74, 6) is 0. The molecule has 56 valence electrons. The van der Waals surface area contributed by atoms with Gasteiger partial charge in [0.05, 0.1) is 5.69 Å². The molecule has 1 unspecified atom stereocenters. The van der Waals surface area contributed by atoms with E-state index in [1.165, 1.54) is 0 Å². The summed E-state index contributed by atoms with van der Waals surface area (Å²) in [7, 11) is 1.89. The van der Waals surface area contributed by atoms with Gasteiger partial charge in [-0.1, -0.05) is 6.92 Å². The first-order valence-electron chi connectivity index (χ1n) is 3.49.